The van der Waals surface area contributed by atoms with E-state index in [1.54, 1.807) is 7.05 Å². The SMILES string of the molecule is CN(CC1(O)CCCC1)c1nnc(C(F)(F)F)s1. The number of hydrogen-bond donors (Lipinski definition) is 1. The molecule has 1 aromatic rings. The van der Waals surface area contributed by atoms with Crippen LogP contribution in [0.5, 0.6) is 0 Å². The second kappa shape index (κ2) is 4.65. The van der Waals surface area contributed by atoms with Crippen molar-refractivity contribution >= 4 is 16.5 Å². The molecule has 0 unspecified atom stereocenters. The van der Waals surface area contributed by atoms with E-state index >= 15 is 0 Å². The van der Waals surface area contributed by atoms with Crippen LogP contribution in [0.3, 0.4) is 0 Å². The summed E-state index contributed by atoms with van der Waals surface area (Å²) in [7, 11) is 1.62. The molecule has 1 aliphatic rings. The van der Waals surface area contributed by atoms with E-state index in [4.69, 9.17) is 0 Å². The number of aromatic nitrogens is 2. The molecule has 0 radical (unpaired) electrons. The number of likely N-dealkylation sites (N-methyl/N-ethyl adjacent to an activating group) is 1. The Bertz CT molecular complexity index is 415. The van der Waals surface area contributed by atoms with Crippen LogP contribution in [0.25, 0.3) is 0 Å². The number of aliphatic hydroxyl groups is 1. The summed E-state index contributed by atoms with van der Waals surface area (Å²) in [4.78, 5) is 1.54. The molecule has 1 saturated carbocycles. The van der Waals surface area contributed by atoms with E-state index in [-0.39, 0.29) is 5.13 Å². The van der Waals surface area contributed by atoms with Gasteiger partial charge >= 0.3 is 6.18 Å². The Balaban J connectivity index is 2.05. The second-order valence-corrected chi connectivity index (χ2v) is 5.63. The topological polar surface area (TPSA) is 49.2 Å². The third-order valence-corrected chi connectivity index (χ3v) is 4.13. The molecule has 0 amide bonds. The van der Waals surface area contributed by atoms with Crippen LogP contribution in [0, 0.1) is 0 Å². The molecular weight excluding hydrogens is 267 g/mol. The molecule has 0 saturated heterocycles. The first-order valence-corrected chi connectivity index (χ1v) is 6.46. The van der Waals surface area contributed by atoms with Gasteiger partial charge < -0.3 is 10.0 Å². The highest BCUT2D eigenvalue weighted by Crippen LogP contribution is 2.35. The molecule has 102 valence electrons. The molecule has 0 atom stereocenters. The van der Waals surface area contributed by atoms with Gasteiger partial charge in [-0.1, -0.05) is 24.2 Å². The van der Waals surface area contributed by atoms with E-state index in [1.807, 2.05) is 0 Å². The third kappa shape index (κ3) is 2.92. The summed E-state index contributed by atoms with van der Waals surface area (Å²) in [6.45, 7) is 0.291. The average molecular weight is 281 g/mol. The van der Waals surface area contributed by atoms with Crippen LogP contribution in [0.1, 0.15) is 30.7 Å². The molecule has 0 bridgehead atoms. The number of anilines is 1. The van der Waals surface area contributed by atoms with Crippen molar-refractivity contribution in [3.8, 4) is 0 Å². The van der Waals surface area contributed by atoms with Crippen molar-refractivity contribution in [1.29, 1.82) is 0 Å². The van der Waals surface area contributed by atoms with E-state index < -0.39 is 16.8 Å². The maximum Gasteiger partial charge on any atom is 0.445 e. The number of nitrogens with zero attached hydrogens (tertiary/aromatic N) is 3. The van der Waals surface area contributed by atoms with E-state index in [9.17, 15) is 18.3 Å². The fraction of sp³-hybridized carbons (Fsp3) is 0.800. The first-order valence-electron chi connectivity index (χ1n) is 5.64. The van der Waals surface area contributed by atoms with Crippen molar-refractivity contribution in [3.63, 3.8) is 0 Å². The number of alkyl halides is 3. The predicted octanol–water partition coefficient (Wildman–Crippen LogP) is 2.30. The van der Waals surface area contributed by atoms with Gasteiger partial charge in [0.2, 0.25) is 10.1 Å². The van der Waals surface area contributed by atoms with Crippen LogP contribution in [-0.4, -0.2) is 34.5 Å². The molecule has 0 spiro atoms. The minimum absolute atomic E-state index is 0.183. The number of halogens is 3. The molecular formula is C10H14F3N3OS. The Hall–Kier alpha value is -0.890. The van der Waals surface area contributed by atoms with Gasteiger partial charge in [-0.15, -0.1) is 10.2 Å². The summed E-state index contributed by atoms with van der Waals surface area (Å²) in [5, 5.41) is 16.1. The zero-order valence-electron chi connectivity index (χ0n) is 9.87. The number of hydrogen-bond acceptors (Lipinski definition) is 5. The van der Waals surface area contributed by atoms with Gasteiger partial charge in [0.25, 0.3) is 0 Å². The van der Waals surface area contributed by atoms with Crippen molar-refractivity contribution in [2.75, 3.05) is 18.5 Å². The molecule has 0 aliphatic heterocycles. The molecule has 0 aromatic carbocycles. The smallest absolute Gasteiger partial charge is 0.388 e. The summed E-state index contributed by atoms with van der Waals surface area (Å²) >= 11 is 0.498. The summed E-state index contributed by atoms with van der Waals surface area (Å²) in [5.41, 5.74) is -0.807. The van der Waals surface area contributed by atoms with Gasteiger partial charge in [-0.3, -0.25) is 0 Å². The molecule has 4 nitrogen and oxygen atoms in total. The van der Waals surface area contributed by atoms with Crippen LogP contribution in [0.2, 0.25) is 0 Å². The average Bonchev–Trinajstić information content (AvgIpc) is 2.84. The zero-order valence-corrected chi connectivity index (χ0v) is 10.7. The van der Waals surface area contributed by atoms with E-state index in [0.717, 1.165) is 12.8 Å². The van der Waals surface area contributed by atoms with Crippen LogP contribution < -0.4 is 4.90 Å². The van der Waals surface area contributed by atoms with Crippen LogP contribution in [0.4, 0.5) is 18.3 Å². The third-order valence-electron chi connectivity index (χ3n) is 3.05. The highest BCUT2D eigenvalue weighted by Gasteiger charge is 2.37. The van der Waals surface area contributed by atoms with E-state index in [2.05, 4.69) is 10.2 Å². The fourth-order valence-corrected chi connectivity index (χ4v) is 2.86. The summed E-state index contributed by atoms with van der Waals surface area (Å²) in [6, 6.07) is 0. The highest BCUT2D eigenvalue weighted by atomic mass is 32.1. The molecule has 1 aromatic heterocycles. The lowest BCUT2D eigenvalue weighted by molar-refractivity contribution is -0.138. The van der Waals surface area contributed by atoms with Crippen LogP contribution >= 0.6 is 11.3 Å². The van der Waals surface area contributed by atoms with Crippen LogP contribution in [0.15, 0.2) is 0 Å². The monoisotopic (exact) mass is 281 g/mol. The largest absolute Gasteiger partial charge is 0.445 e. The fourth-order valence-electron chi connectivity index (χ4n) is 2.18. The molecule has 8 heteroatoms. The first kappa shape index (κ1) is 13.5. The van der Waals surface area contributed by atoms with Crippen molar-refractivity contribution in [1.82, 2.24) is 10.2 Å². The summed E-state index contributed by atoms with van der Waals surface area (Å²) < 4.78 is 37.2. The maximum atomic E-state index is 12.4. The second-order valence-electron chi connectivity index (χ2n) is 4.68. The Morgan fingerprint density at radius 1 is 1.33 bits per heavy atom. The van der Waals surface area contributed by atoms with Crippen molar-refractivity contribution < 1.29 is 18.3 Å². The number of rotatable bonds is 3. The Morgan fingerprint density at radius 3 is 2.44 bits per heavy atom. The normalized spacial score (nSPS) is 19.2. The van der Waals surface area contributed by atoms with E-state index in [1.165, 1.54) is 4.90 Å². The molecule has 1 fully saturated rings. The standard InChI is InChI=1S/C10H14F3N3OS/c1-16(6-9(17)4-2-3-5-9)8-15-14-7(18-8)10(11,12)13/h17H,2-6H2,1H3. The lowest BCUT2D eigenvalue weighted by Gasteiger charge is -2.27. The van der Waals surface area contributed by atoms with Gasteiger partial charge in [0.15, 0.2) is 0 Å². The quantitative estimate of drug-likeness (QED) is 0.923. The molecule has 2 rings (SSSR count). The zero-order chi connectivity index (χ0) is 13.4. The Morgan fingerprint density at radius 2 is 1.94 bits per heavy atom. The highest BCUT2D eigenvalue weighted by molar-refractivity contribution is 7.15. The lowest BCUT2D eigenvalue weighted by Crippen LogP contribution is -2.39. The molecule has 1 N–H and O–H groups in total. The maximum absolute atomic E-state index is 12.4. The van der Waals surface area contributed by atoms with Gasteiger partial charge in [0, 0.05) is 13.6 Å². The minimum atomic E-state index is -4.46. The molecule has 1 heterocycles. The summed E-state index contributed by atoms with van der Waals surface area (Å²) in [5.74, 6) is 0. The van der Waals surface area contributed by atoms with Gasteiger partial charge in [-0.05, 0) is 12.8 Å². The van der Waals surface area contributed by atoms with Gasteiger partial charge in [0.05, 0.1) is 5.60 Å². The predicted molar refractivity (Wildman–Crippen MR) is 61.6 cm³/mol. The lowest BCUT2D eigenvalue weighted by atomic mass is 10.0. The molecule has 1 aliphatic carbocycles. The van der Waals surface area contributed by atoms with Crippen LogP contribution in [-0.2, 0) is 6.18 Å². The molecule has 18 heavy (non-hydrogen) atoms. The summed E-state index contributed by atoms with van der Waals surface area (Å²) in [6.07, 6.45) is -1.19. The van der Waals surface area contributed by atoms with Gasteiger partial charge in [0.1, 0.15) is 0 Å². The van der Waals surface area contributed by atoms with Gasteiger partial charge in [-0.2, -0.15) is 13.2 Å². The van der Waals surface area contributed by atoms with Crippen molar-refractivity contribution in [2.24, 2.45) is 0 Å². The van der Waals surface area contributed by atoms with Crippen molar-refractivity contribution in [2.45, 2.75) is 37.5 Å². The Labute approximate surface area is 106 Å². The first-order chi connectivity index (χ1) is 8.30. The van der Waals surface area contributed by atoms with Crippen molar-refractivity contribution in [3.05, 3.63) is 5.01 Å². The minimum Gasteiger partial charge on any atom is -0.388 e. The van der Waals surface area contributed by atoms with Gasteiger partial charge in [-0.25, -0.2) is 0 Å². The van der Waals surface area contributed by atoms with E-state index in [0.29, 0.717) is 30.7 Å². The Kier molecular flexibility index (Phi) is 3.50.